The van der Waals surface area contributed by atoms with Gasteiger partial charge >= 0.3 is 0 Å². The smallest absolute Gasteiger partial charge is 0 e. The van der Waals surface area contributed by atoms with Crippen molar-refractivity contribution >= 4 is 0 Å². The molecule has 1 radical (unpaired) electrons. The van der Waals surface area contributed by atoms with Gasteiger partial charge in [0.25, 0.3) is 0 Å². The van der Waals surface area contributed by atoms with Crippen LogP contribution in [0.15, 0.2) is 6.07 Å². The van der Waals surface area contributed by atoms with Crippen LogP contribution in [0.2, 0.25) is 0 Å². The third-order valence-electron chi connectivity index (χ3n) is 8.04. The zero-order chi connectivity index (χ0) is 18.4. The molecule has 26 heavy (non-hydrogen) atoms. The van der Waals surface area contributed by atoms with Gasteiger partial charge in [-0.15, -0.1) is 0 Å². The molecule has 0 bridgehead atoms. The Hall–Kier alpha value is 0.324. The summed E-state index contributed by atoms with van der Waals surface area (Å²) in [6, 6.07) is 2.51. The Balaban J connectivity index is 0.000000570. The zero-order valence-electron chi connectivity index (χ0n) is 18.0. The summed E-state index contributed by atoms with van der Waals surface area (Å²) in [7, 11) is 0. The average Bonchev–Trinajstić information content (AvgIpc) is 2.88. The van der Waals surface area contributed by atoms with E-state index in [0.717, 1.165) is 24.2 Å². The fourth-order valence-electron chi connectivity index (χ4n) is 6.32. The van der Waals surface area contributed by atoms with Crippen LogP contribution in [0.5, 0.6) is 0 Å². The van der Waals surface area contributed by atoms with E-state index in [4.69, 9.17) is 0 Å². The third-order valence-corrected chi connectivity index (χ3v) is 8.04. The van der Waals surface area contributed by atoms with Crippen LogP contribution in [0.3, 0.4) is 0 Å². The second-order valence-corrected chi connectivity index (χ2v) is 9.21. The molecule has 0 N–H and O–H groups in total. The van der Waals surface area contributed by atoms with Crippen LogP contribution in [0, 0.1) is 50.9 Å². The number of fused-ring (bicyclic) bond motifs is 5. The minimum atomic E-state index is 0. The number of hydrogen-bond acceptors (Lipinski definition) is 0. The van der Waals surface area contributed by atoms with Crippen LogP contribution in [0.4, 0.5) is 0 Å². The van der Waals surface area contributed by atoms with Gasteiger partial charge in [0.15, 0.2) is 0 Å². The minimum Gasteiger partial charge on any atom is -0.344 e. The Morgan fingerprint density at radius 1 is 1.15 bits per heavy atom. The zero-order valence-corrected chi connectivity index (χ0v) is 20.9. The van der Waals surface area contributed by atoms with E-state index >= 15 is 0 Å². The minimum absolute atomic E-state index is 0. The molecule has 0 aromatic heterocycles. The van der Waals surface area contributed by atoms with Crippen molar-refractivity contribution in [3.8, 4) is 0 Å². The van der Waals surface area contributed by atoms with Crippen molar-refractivity contribution in [2.75, 3.05) is 0 Å². The molecule has 0 heterocycles. The first-order valence-electron chi connectivity index (χ1n) is 10.6. The van der Waals surface area contributed by atoms with Crippen molar-refractivity contribution < 1.29 is 32.7 Å². The van der Waals surface area contributed by atoms with Gasteiger partial charge in [0.1, 0.15) is 0 Å². The number of aryl methyl sites for hydroxylation is 2. The van der Waals surface area contributed by atoms with E-state index in [1.165, 1.54) is 44.1 Å². The molecule has 4 unspecified atom stereocenters. The summed E-state index contributed by atoms with van der Waals surface area (Å²) in [6.07, 6.45) is 9.46. The quantitative estimate of drug-likeness (QED) is 0.381. The van der Waals surface area contributed by atoms with Gasteiger partial charge in [0.2, 0.25) is 0 Å². The molecule has 3 aliphatic rings. The van der Waals surface area contributed by atoms with Gasteiger partial charge in [-0.05, 0) is 79.7 Å². The maximum Gasteiger partial charge on any atom is 0 e. The van der Waals surface area contributed by atoms with Gasteiger partial charge in [-0.25, -0.2) is 0 Å². The standard InChI is InChI=1S/C22H31.C3H7.Y/c1-13-12-17-7-8-18-19(21(17)16(4)15(13)3)10-11-22(5)14(2)6-9-20(18)22;1-3-2;/h12,18-20H,6-11H2,1-5H3;1,3H2,2H3;/q2*-1;. The molecule has 0 nitrogen and oxygen atoms in total. The number of hydrogen-bond donors (Lipinski definition) is 0. The van der Waals surface area contributed by atoms with Crippen molar-refractivity contribution in [3.63, 3.8) is 0 Å². The molecular formula is C25H38Y-2. The van der Waals surface area contributed by atoms with E-state index in [9.17, 15) is 0 Å². The molecule has 2 saturated carbocycles. The van der Waals surface area contributed by atoms with Gasteiger partial charge in [-0.3, -0.25) is 0 Å². The summed E-state index contributed by atoms with van der Waals surface area (Å²) >= 11 is 0. The normalized spacial score (nSPS) is 32.5. The molecule has 1 aromatic carbocycles. The van der Waals surface area contributed by atoms with Gasteiger partial charge in [0.05, 0.1) is 0 Å². The molecule has 3 aliphatic carbocycles. The Labute approximate surface area is 188 Å². The summed E-state index contributed by atoms with van der Waals surface area (Å²) in [5, 5.41) is 0. The van der Waals surface area contributed by atoms with Crippen molar-refractivity contribution in [2.45, 2.75) is 92.4 Å². The molecule has 143 valence electrons. The first-order valence-corrected chi connectivity index (χ1v) is 10.6. The molecule has 2 fully saturated rings. The van der Waals surface area contributed by atoms with Crippen LogP contribution in [-0.2, 0) is 39.1 Å². The van der Waals surface area contributed by atoms with Crippen LogP contribution in [-0.4, -0.2) is 0 Å². The monoisotopic (exact) mass is 427 g/mol. The average molecular weight is 427 g/mol. The summed E-state index contributed by atoms with van der Waals surface area (Å²) in [5.74, 6) is 4.57. The van der Waals surface area contributed by atoms with Crippen molar-refractivity contribution in [2.24, 2.45) is 17.3 Å². The molecule has 4 atom stereocenters. The van der Waals surface area contributed by atoms with Gasteiger partial charge in [-0.1, -0.05) is 38.7 Å². The van der Waals surface area contributed by atoms with Gasteiger partial charge < -0.3 is 12.8 Å². The molecule has 0 amide bonds. The summed E-state index contributed by atoms with van der Waals surface area (Å²) in [4.78, 5) is 0. The van der Waals surface area contributed by atoms with E-state index in [-0.39, 0.29) is 32.7 Å². The fourth-order valence-corrected chi connectivity index (χ4v) is 6.32. The van der Waals surface area contributed by atoms with Crippen LogP contribution < -0.4 is 0 Å². The van der Waals surface area contributed by atoms with E-state index in [2.05, 4.69) is 47.6 Å². The van der Waals surface area contributed by atoms with Crippen LogP contribution in [0.1, 0.15) is 93.0 Å². The number of benzene rings is 1. The second-order valence-electron chi connectivity index (χ2n) is 9.21. The summed E-state index contributed by atoms with van der Waals surface area (Å²) < 4.78 is 0. The molecule has 0 saturated heterocycles. The fraction of sp³-hybridized carbons (Fsp3) is 0.680. The molecule has 0 aliphatic heterocycles. The van der Waals surface area contributed by atoms with Crippen molar-refractivity contribution in [3.05, 3.63) is 46.7 Å². The first kappa shape index (κ1) is 22.6. The van der Waals surface area contributed by atoms with E-state index in [1.807, 2.05) is 6.92 Å². The Morgan fingerprint density at radius 3 is 2.46 bits per heavy atom. The molecule has 1 aromatic rings. The largest absolute Gasteiger partial charge is 0.344 e. The van der Waals surface area contributed by atoms with Gasteiger partial charge in [-0.2, -0.15) is 25.2 Å². The Kier molecular flexibility index (Phi) is 7.63. The Morgan fingerprint density at radius 2 is 1.81 bits per heavy atom. The molecular weight excluding hydrogens is 389 g/mol. The topological polar surface area (TPSA) is 0 Å². The van der Waals surface area contributed by atoms with Crippen molar-refractivity contribution in [1.29, 1.82) is 0 Å². The maximum absolute atomic E-state index is 3.49. The van der Waals surface area contributed by atoms with Gasteiger partial charge in [0, 0.05) is 32.7 Å². The molecule has 4 rings (SSSR count). The van der Waals surface area contributed by atoms with E-state index in [1.54, 1.807) is 28.2 Å². The van der Waals surface area contributed by atoms with Crippen LogP contribution in [0.25, 0.3) is 0 Å². The van der Waals surface area contributed by atoms with Crippen LogP contribution >= 0.6 is 0 Å². The predicted octanol–water partition coefficient (Wildman–Crippen LogP) is 7.29. The molecule has 0 spiro atoms. The Bertz CT molecular complexity index is 632. The SMILES string of the molecule is Cc1cc2c(c(C)c1C)C1CCC3(C)[C-](C)CCC3C1CC2.[CH2-]CC.[Y]. The van der Waals surface area contributed by atoms with E-state index in [0.29, 0.717) is 5.41 Å². The second kappa shape index (κ2) is 8.77. The van der Waals surface area contributed by atoms with E-state index < -0.39 is 0 Å². The summed E-state index contributed by atoms with van der Waals surface area (Å²) in [5.41, 5.74) is 8.68. The third kappa shape index (κ3) is 3.64. The maximum atomic E-state index is 3.49. The number of rotatable bonds is 0. The summed E-state index contributed by atoms with van der Waals surface area (Å²) in [6.45, 7) is 17.5. The predicted molar refractivity (Wildman–Crippen MR) is 110 cm³/mol. The first-order chi connectivity index (χ1) is 11.8. The van der Waals surface area contributed by atoms with Crippen molar-refractivity contribution in [1.82, 2.24) is 0 Å². The molecule has 1 heteroatoms.